The molecule has 3 rings (SSSR count). The number of rotatable bonds is 12. The molecule has 0 aromatic heterocycles. The van der Waals surface area contributed by atoms with Crippen molar-refractivity contribution in [1.29, 1.82) is 0 Å². The van der Waals surface area contributed by atoms with Crippen molar-refractivity contribution in [3.05, 3.63) is 47.5 Å². The number of hydrogen-bond donors (Lipinski definition) is 4. The fourth-order valence-electron chi connectivity index (χ4n) is 5.93. The van der Waals surface area contributed by atoms with Gasteiger partial charge in [0.15, 0.2) is 5.78 Å². The van der Waals surface area contributed by atoms with E-state index in [9.17, 15) is 28.8 Å². The lowest BCUT2D eigenvalue weighted by Crippen LogP contribution is -2.47. The summed E-state index contributed by atoms with van der Waals surface area (Å²) in [5, 5.41) is 8.06. The summed E-state index contributed by atoms with van der Waals surface area (Å²) in [7, 11) is 2.70. The number of methoxy groups -OCH3 is 1. The molecule has 1 aliphatic heterocycles. The van der Waals surface area contributed by atoms with Crippen molar-refractivity contribution in [3.8, 4) is 22.6 Å². The summed E-state index contributed by atoms with van der Waals surface area (Å²) in [6.07, 6.45) is -1.15. The van der Waals surface area contributed by atoms with Gasteiger partial charge in [0, 0.05) is 36.9 Å². The van der Waals surface area contributed by atoms with Gasteiger partial charge in [-0.1, -0.05) is 26.0 Å². The van der Waals surface area contributed by atoms with Crippen LogP contribution < -0.4 is 31.2 Å². The minimum Gasteiger partial charge on any atom is -0.491 e. The lowest BCUT2D eigenvalue weighted by Gasteiger charge is -2.31. The number of hydrogen-bond acceptors (Lipinski definition) is 12. The zero-order chi connectivity index (χ0) is 42.7. The van der Waals surface area contributed by atoms with Gasteiger partial charge in [0.2, 0.25) is 11.8 Å². The van der Waals surface area contributed by atoms with E-state index >= 15 is 0 Å². The Morgan fingerprint density at radius 3 is 1.89 bits per heavy atom. The van der Waals surface area contributed by atoms with Crippen LogP contribution in [0.2, 0.25) is 0 Å². The molecule has 0 aliphatic carbocycles. The van der Waals surface area contributed by atoms with Crippen molar-refractivity contribution < 1.29 is 52.5 Å². The molecule has 4 atom stereocenters. The van der Waals surface area contributed by atoms with Gasteiger partial charge in [-0.2, -0.15) is 0 Å². The molecular weight excluding hydrogens is 738 g/mol. The molecule has 5 N–H and O–H groups in total. The fourth-order valence-corrected chi connectivity index (χ4v) is 5.93. The van der Waals surface area contributed by atoms with Crippen LogP contribution in [0.1, 0.15) is 85.4 Å². The summed E-state index contributed by atoms with van der Waals surface area (Å²) >= 11 is 0. The highest BCUT2D eigenvalue weighted by atomic mass is 16.6. The monoisotopic (exact) mass is 797 g/mol. The molecule has 1 aliphatic rings. The van der Waals surface area contributed by atoms with E-state index in [0.717, 1.165) is 0 Å². The molecule has 2 aromatic rings. The molecule has 1 heterocycles. The van der Waals surface area contributed by atoms with Gasteiger partial charge in [0.1, 0.15) is 48.0 Å². The average molecular weight is 798 g/mol. The van der Waals surface area contributed by atoms with Gasteiger partial charge in [-0.3, -0.25) is 14.4 Å². The molecule has 4 bridgehead atoms. The number of ether oxygens (including phenoxy) is 5. The first-order valence-electron chi connectivity index (χ1n) is 19.0. The molecule has 2 aromatic carbocycles. The van der Waals surface area contributed by atoms with Gasteiger partial charge < -0.3 is 50.3 Å². The van der Waals surface area contributed by atoms with Gasteiger partial charge in [-0.25, -0.2) is 14.4 Å². The van der Waals surface area contributed by atoms with Gasteiger partial charge >= 0.3 is 18.2 Å². The molecule has 16 nitrogen and oxygen atoms in total. The van der Waals surface area contributed by atoms with E-state index in [1.807, 2.05) is 0 Å². The molecule has 0 spiro atoms. The Kier molecular flexibility index (Phi) is 16.3. The Hall–Kier alpha value is -5.38. The van der Waals surface area contributed by atoms with Gasteiger partial charge in [0.05, 0.1) is 26.2 Å². The van der Waals surface area contributed by atoms with Crippen molar-refractivity contribution in [2.45, 2.75) is 104 Å². The minimum absolute atomic E-state index is 0.0152. The highest BCUT2D eigenvalue weighted by molar-refractivity contribution is 5.95. The Morgan fingerprint density at radius 2 is 1.39 bits per heavy atom. The Morgan fingerprint density at radius 1 is 0.860 bits per heavy atom. The van der Waals surface area contributed by atoms with E-state index in [0.29, 0.717) is 40.2 Å². The maximum absolute atomic E-state index is 14.2. The number of nitrogens with two attached hydrogens (primary N) is 1. The number of amides is 4. The van der Waals surface area contributed by atoms with Crippen molar-refractivity contribution in [3.63, 3.8) is 0 Å². The number of nitrogens with one attached hydrogen (secondary N) is 3. The van der Waals surface area contributed by atoms with E-state index in [2.05, 4.69) is 16.0 Å². The summed E-state index contributed by atoms with van der Waals surface area (Å²) in [6.45, 7) is 14.0. The van der Waals surface area contributed by atoms with E-state index in [1.54, 1.807) is 91.8 Å². The lowest BCUT2D eigenvalue weighted by molar-refractivity contribution is -0.145. The number of likely N-dealkylation sites (N-methyl/N-ethyl adjacent to an activating group) is 1. The second-order valence-electron chi connectivity index (χ2n) is 15.9. The minimum atomic E-state index is -1.17. The molecule has 0 radical (unpaired) electrons. The Balaban J connectivity index is 2.21. The number of carbonyl (C=O) groups is 6. The van der Waals surface area contributed by atoms with Crippen LogP contribution in [0.15, 0.2) is 36.4 Å². The fraction of sp³-hybridized carbons (Fsp3) is 0.561. The van der Waals surface area contributed by atoms with Crippen molar-refractivity contribution >= 4 is 35.8 Å². The molecule has 16 heteroatoms. The third kappa shape index (κ3) is 13.9. The summed E-state index contributed by atoms with van der Waals surface area (Å²) in [6, 6.07) is 7.03. The lowest BCUT2D eigenvalue weighted by atomic mass is 9.89. The summed E-state index contributed by atoms with van der Waals surface area (Å²) < 4.78 is 28.2. The SMILES string of the molecule is CC[C@H](N)C(=O)N(C)[C@@H]1C(=O)C[C@@H](C)C(=O)N[C@H](C(=O)OC)Cc2ccc(OCCNC(=O)OC(C)(C)C)c(c2)-c2cc1ccc2OCCNC(=O)OC(C)(C)C. The van der Waals surface area contributed by atoms with Crippen LogP contribution in [0.3, 0.4) is 0 Å². The first kappa shape index (κ1) is 46.0. The van der Waals surface area contributed by atoms with Crippen molar-refractivity contribution in [2.75, 3.05) is 40.5 Å². The zero-order valence-electron chi connectivity index (χ0n) is 34.7. The smallest absolute Gasteiger partial charge is 0.407 e. The van der Waals surface area contributed by atoms with Gasteiger partial charge in [0.25, 0.3) is 0 Å². The number of Topliss-reactive ketones (excluding diaryl/α,β-unsaturated/α-hetero) is 1. The Labute approximate surface area is 334 Å². The number of esters is 1. The van der Waals surface area contributed by atoms with Gasteiger partial charge in [-0.05, 0) is 83.4 Å². The number of fused-ring (bicyclic) bond motifs is 5. The molecule has 0 fully saturated rings. The van der Waals surface area contributed by atoms with Crippen LogP contribution in [0.5, 0.6) is 11.5 Å². The average Bonchev–Trinajstić information content (AvgIpc) is 3.12. The third-order valence-electron chi connectivity index (χ3n) is 8.70. The van der Waals surface area contributed by atoms with Crippen LogP contribution in [-0.4, -0.2) is 104 Å². The number of nitrogens with zero attached hydrogens (tertiary/aromatic N) is 1. The predicted molar refractivity (Wildman–Crippen MR) is 212 cm³/mol. The number of ketones is 1. The topological polar surface area (TPSA) is 214 Å². The molecule has 4 amide bonds. The summed E-state index contributed by atoms with van der Waals surface area (Å²) in [4.78, 5) is 80.1. The summed E-state index contributed by atoms with van der Waals surface area (Å²) in [5.41, 5.74) is 6.70. The largest absolute Gasteiger partial charge is 0.491 e. The number of carbonyl (C=O) groups excluding carboxylic acids is 6. The molecular formula is C41H59N5O11. The first-order chi connectivity index (χ1) is 26.6. The summed E-state index contributed by atoms with van der Waals surface area (Å²) in [5.74, 6) is -2.35. The van der Waals surface area contributed by atoms with Crippen molar-refractivity contribution in [2.24, 2.45) is 11.7 Å². The second-order valence-corrected chi connectivity index (χ2v) is 15.9. The highest BCUT2D eigenvalue weighted by Gasteiger charge is 2.35. The second kappa shape index (κ2) is 20.2. The molecule has 0 saturated heterocycles. The quantitative estimate of drug-likeness (QED) is 0.135. The standard InChI is InChI=1S/C41H59N5O11/c1-11-29(42)36(49)46(9)34-26-13-15-33(55-19-17-44-39(52)57-41(6,7)8)28(23-26)27-21-25(12-14-32(27)54-18-16-43-38(51)56-40(3,4)5)22-30(37(50)53-10)45-35(48)24(2)20-31(34)47/h12-15,21,23-24,29-30,34H,11,16-20,22,42H2,1-10H3,(H,43,51)(H,44,52)(H,45,48)/t24-,29+,30+,34+/m1/s1. The maximum atomic E-state index is 14.2. The van der Waals surface area contributed by atoms with Crippen LogP contribution in [-0.2, 0) is 39.8 Å². The van der Waals surface area contributed by atoms with E-state index in [4.69, 9.17) is 29.4 Å². The highest BCUT2D eigenvalue weighted by Crippen LogP contribution is 2.40. The third-order valence-corrected chi connectivity index (χ3v) is 8.70. The predicted octanol–water partition coefficient (Wildman–Crippen LogP) is 4.21. The van der Waals surface area contributed by atoms with Crippen LogP contribution in [0, 0.1) is 5.92 Å². The molecule has 314 valence electrons. The van der Waals surface area contributed by atoms with E-state index in [1.165, 1.54) is 19.1 Å². The zero-order valence-corrected chi connectivity index (χ0v) is 34.7. The van der Waals surface area contributed by atoms with Crippen LogP contribution >= 0.6 is 0 Å². The molecule has 0 saturated carbocycles. The van der Waals surface area contributed by atoms with Crippen LogP contribution in [0.25, 0.3) is 11.1 Å². The molecule has 0 unspecified atom stereocenters. The molecule has 57 heavy (non-hydrogen) atoms. The number of alkyl carbamates (subject to hydrolysis) is 2. The van der Waals surface area contributed by atoms with E-state index in [-0.39, 0.29) is 39.1 Å². The Bertz CT molecular complexity index is 1770. The van der Waals surface area contributed by atoms with Gasteiger partial charge in [-0.15, -0.1) is 0 Å². The van der Waals surface area contributed by atoms with Crippen LogP contribution in [0.4, 0.5) is 9.59 Å². The first-order valence-corrected chi connectivity index (χ1v) is 19.0. The number of benzene rings is 2. The van der Waals surface area contributed by atoms with Crippen molar-refractivity contribution in [1.82, 2.24) is 20.9 Å². The maximum Gasteiger partial charge on any atom is 0.407 e. The van der Waals surface area contributed by atoms with E-state index < -0.39 is 71.0 Å². The normalized spacial score (nSPS) is 17.8.